The van der Waals surface area contributed by atoms with Crippen LogP contribution in [0.2, 0.25) is 0 Å². The van der Waals surface area contributed by atoms with Crippen LogP contribution in [0.1, 0.15) is 5.56 Å². The summed E-state index contributed by atoms with van der Waals surface area (Å²) in [6.45, 7) is 0. The number of nitrogens with zero attached hydrogens (tertiary/aromatic N) is 4. The summed E-state index contributed by atoms with van der Waals surface area (Å²) in [6.07, 6.45) is 1.53. The van der Waals surface area contributed by atoms with Gasteiger partial charge in [-0.15, -0.1) is 0 Å². The average molecular weight is 280 g/mol. The molecule has 0 aliphatic rings. The summed E-state index contributed by atoms with van der Waals surface area (Å²) in [5.74, 6) is -0.196. The third-order valence-corrected chi connectivity index (χ3v) is 2.86. The van der Waals surface area contributed by atoms with Gasteiger partial charge in [-0.25, -0.2) is 0 Å². The zero-order chi connectivity index (χ0) is 14.8. The molecule has 0 N–H and O–H groups in total. The van der Waals surface area contributed by atoms with E-state index in [9.17, 15) is 10.1 Å². The molecule has 0 saturated carbocycles. The number of aromatic nitrogens is 2. The third-order valence-electron chi connectivity index (χ3n) is 2.86. The van der Waals surface area contributed by atoms with Crippen molar-refractivity contribution >= 4 is 11.5 Å². The van der Waals surface area contributed by atoms with Crippen LogP contribution in [0.3, 0.4) is 0 Å². The van der Waals surface area contributed by atoms with E-state index in [1.165, 1.54) is 10.6 Å². The first-order valence-electron chi connectivity index (χ1n) is 5.99. The molecular weight excluding hydrogens is 272 g/mol. The van der Waals surface area contributed by atoms with Gasteiger partial charge < -0.3 is 14.9 Å². The fraction of sp³-hybridized carbons (Fsp3) is 0. The number of rotatable bonds is 3. The molecule has 2 heterocycles. The van der Waals surface area contributed by atoms with Gasteiger partial charge in [-0.1, -0.05) is 18.2 Å². The minimum Gasteiger partial charge on any atom is -0.431 e. The molecule has 2 aromatic heterocycles. The summed E-state index contributed by atoms with van der Waals surface area (Å²) >= 11 is 0. The number of para-hydroxylation sites is 1. The van der Waals surface area contributed by atoms with Crippen molar-refractivity contribution in [1.82, 2.24) is 9.38 Å². The van der Waals surface area contributed by atoms with Crippen molar-refractivity contribution in [1.29, 1.82) is 5.26 Å². The van der Waals surface area contributed by atoms with Crippen molar-refractivity contribution in [3.8, 4) is 17.7 Å². The number of fused-ring (bicyclic) bond motifs is 1. The number of benzene rings is 1. The van der Waals surface area contributed by atoms with E-state index in [0.29, 0.717) is 5.65 Å². The van der Waals surface area contributed by atoms with Crippen molar-refractivity contribution in [2.75, 3.05) is 0 Å². The number of pyridine rings is 1. The van der Waals surface area contributed by atoms with E-state index in [2.05, 4.69) is 4.98 Å². The van der Waals surface area contributed by atoms with Crippen molar-refractivity contribution in [3.63, 3.8) is 0 Å². The number of nitriles is 1. The Morgan fingerprint density at radius 2 is 2.00 bits per heavy atom. The summed E-state index contributed by atoms with van der Waals surface area (Å²) < 4.78 is 6.81. The molecule has 0 amide bonds. The van der Waals surface area contributed by atoms with Crippen LogP contribution in [0.5, 0.6) is 11.6 Å². The molecule has 102 valence electrons. The largest absolute Gasteiger partial charge is 0.431 e. The molecule has 1 aromatic carbocycles. The first-order chi connectivity index (χ1) is 10.2. The first kappa shape index (κ1) is 12.6. The maximum Gasteiger partial charge on any atom is 0.392 e. The van der Waals surface area contributed by atoms with Gasteiger partial charge in [0, 0.05) is 6.07 Å². The second-order valence-electron chi connectivity index (χ2n) is 4.14. The van der Waals surface area contributed by atoms with Crippen molar-refractivity contribution in [2.45, 2.75) is 0 Å². The molecule has 0 atom stereocenters. The third kappa shape index (κ3) is 2.15. The number of hydrogen-bond donors (Lipinski definition) is 0. The zero-order valence-electron chi connectivity index (χ0n) is 10.6. The summed E-state index contributed by atoms with van der Waals surface area (Å²) in [5, 5.41) is 20.3. The molecule has 0 aliphatic heterocycles. The fourth-order valence-electron chi connectivity index (χ4n) is 1.95. The van der Waals surface area contributed by atoms with Crippen LogP contribution < -0.4 is 4.74 Å². The van der Waals surface area contributed by atoms with Crippen LogP contribution in [0, 0.1) is 21.4 Å². The fourth-order valence-corrected chi connectivity index (χ4v) is 1.95. The molecule has 0 spiro atoms. The van der Waals surface area contributed by atoms with Gasteiger partial charge in [0.05, 0.1) is 11.8 Å². The van der Waals surface area contributed by atoms with Gasteiger partial charge in [-0.05, 0) is 23.1 Å². The minimum absolute atomic E-state index is 0.145. The lowest BCUT2D eigenvalue weighted by Gasteiger charge is -2.03. The Balaban J connectivity index is 2.15. The van der Waals surface area contributed by atoms with Gasteiger partial charge in [0.1, 0.15) is 11.8 Å². The van der Waals surface area contributed by atoms with Crippen LogP contribution in [0.15, 0.2) is 48.7 Å². The molecule has 0 fully saturated rings. The Labute approximate surface area is 118 Å². The lowest BCUT2D eigenvalue weighted by molar-refractivity contribution is -0.391. The van der Waals surface area contributed by atoms with Crippen molar-refractivity contribution in [3.05, 3.63) is 64.3 Å². The van der Waals surface area contributed by atoms with E-state index >= 15 is 0 Å². The molecule has 7 heteroatoms. The summed E-state index contributed by atoms with van der Waals surface area (Å²) in [5.41, 5.74) is 0.678. The highest BCUT2D eigenvalue weighted by atomic mass is 16.6. The zero-order valence-corrected chi connectivity index (χ0v) is 10.6. The predicted molar refractivity (Wildman–Crippen MR) is 73.1 cm³/mol. The Morgan fingerprint density at radius 1 is 1.24 bits per heavy atom. The van der Waals surface area contributed by atoms with E-state index in [1.807, 2.05) is 6.07 Å². The molecular formula is C14H8N4O3. The second kappa shape index (κ2) is 4.94. The molecule has 0 bridgehead atoms. The van der Waals surface area contributed by atoms with Crippen molar-refractivity contribution < 1.29 is 9.66 Å². The summed E-state index contributed by atoms with van der Waals surface area (Å²) in [6, 6.07) is 13.5. The maximum absolute atomic E-state index is 11.2. The van der Waals surface area contributed by atoms with E-state index in [-0.39, 0.29) is 23.0 Å². The molecule has 21 heavy (non-hydrogen) atoms. The highest BCUT2D eigenvalue weighted by Gasteiger charge is 2.25. The Kier molecular flexibility index (Phi) is 2.97. The van der Waals surface area contributed by atoms with Gasteiger partial charge in [0.2, 0.25) is 5.65 Å². The quantitative estimate of drug-likeness (QED) is 0.543. The molecule has 0 radical (unpaired) electrons. The maximum atomic E-state index is 11.2. The van der Waals surface area contributed by atoms with Gasteiger partial charge in [-0.3, -0.25) is 0 Å². The SMILES string of the molecule is N#Cc1ccccc1Oc1nc2ccccn2c1[N+](=O)[O-]. The van der Waals surface area contributed by atoms with Gasteiger partial charge in [0.15, 0.2) is 0 Å². The monoisotopic (exact) mass is 280 g/mol. The van der Waals surface area contributed by atoms with E-state index in [1.54, 1.807) is 42.5 Å². The van der Waals surface area contributed by atoms with Gasteiger partial charge in [0.25, 0.3) is 0 Å². The Hall–Kier alpha value is -3.40. The second-order valence-corrected chi connectivity index (χ2v) is 4.14. The van der Waals surface area contributed by atoms with Crippen LogP contribution in [-0.4, -0.2) is 14.3 Å². The number of imidazole rings is 1. The van der Waals surface area contributed by atoms with Crippen LogP contribution in [0.25, 0.3) is 5.65 Å². The highest BCUT2D eigenvalue weighted by Crippen LogP contribution is 2.32. The number of nitro groups is 1. The molecule has 0 aliphatic carbocycles. The lowest BCUT2D eigenvalue weighted by atomic mass is 10.2. The molecule has 7 nitrogen and oxygen atoms in total. The Morgan fingerprint density at radius 3 is 2.76 bits per heavy atom. The lowest BCUT2D eigenvalue weighted by Crippen LogP contribution is -1.96. The smallest absolute Gasteiger partial charge is 0.392 e. The first-order valence-corrected chi connectivity index (χ1v) is 5.99. The van der Waals surface area contributed by atoms with Crippen LogP contribution in [0.4, 0.5) is 5.82 Å². The molecule has 0 unspecified atom stereocenters. The topological polar surface area (TPSA) is 93.5 Å². The van der Waals surface area contributed by atoms with E-state index in [4.69, 9.17) is 10.00 Å². The predicted octanol–water partition coefficient (Wildman–Crippen LogP) is 2.91. The van der Waals surface area contributed by atoms with Gasteiger partial charge in [-0.2, -0.15) is 14.6 Å². The average Bonchev–Trinajstić information content (AvgIpc) is 2.85. The molecule has 3 rings (SSSR count). The van der Waals surface area contributed by atoms with Crippen molar-refractivity contribution in [2.24, 2.45) is 0 Å². The normalized spacial score (nSPS) is 10.2. The highest BCUT2D eigenvalue weighted by molar-refractivity contribution is 5.54. The summed E-state index contributed by atoms with van der Waals surface area (Å²) in [7, 11) is 0. The minimum atomic E-state index is -0.565. The van der Waals surface area contributed by atoms with Gasteiger partial charge >= 0.3 is 11.7 Å². The van der Waals surface area contributed by atoms with E-state index in [0.717, 1.165) is 0 Å². The molecule has 0 saturated heterocycles. The standard InChI is InChI=1S/C14H8N4O3/c15-9-10-5-1-2-6-11(10)21-13-14(18(19)20)17-8-4-3-7-12(17)16-13/h1-8H. The number of hydrogen-bond acceptors (Lipinski definition) is 5. The Bertz CT molecular complexity index is 879. The van der Waals surface area contributed by atoms with E-state index < -0.39 is 4.92 Å². The summed E-state index contributed by atoms with van der Waals surface area (Å²) in [4.78, 5) is 14.8. The molecule has 3 aromatic rings. The number of ether oxygens (including phenoxy) is 1. The van der Waals surface area contributed by atoms with Crippen LogP contribution >= 0.6 is 0 Å². The van der Waals surface area contributed by atoms with Crippen LogP contribution in [-0.2, 0) is 0 Å².